The molecule has 0 unspecified atom stereocenters. The van der Waals surface area contributed by atoms with Crippen LogP contribution >= 0.6 is 0 Å². The van der Waals surface area contributed by atoms with E-state index in [9.17, 15) is 4.79 Å². The van der Waals surface area contributed by atoms with Crippen molar-refractivity contribution >= 4 is 11.7 Å². The number of aromatic nitrogens is 2. The molecular formula is C19H32N6O. The highest BCUT2D eigenvalue weighted by molar-refractivity contribution is 5.91. The summed E-state index contributed by atoms with van der Waals surface area (Å²) in [5, 5.41) is 0. The molecule has 0 aromatic carbocycles. The van der Waals surface area contributed by atoms with Crippen molar-refractivity contribution in [1.29, 1.82) is 0 Å². The number of amides is 1. The van der Waals surface area contributed by atoms with Crippen LogP contribution in [0.5, 0.6) is 0 Å². The molecule has 7 nitrogen and oxygen atoms in total. The summed E-state index contributed by atoms with van der Waals surface area (Å²) in [6.07, 6.45) is 0.957. The molecule has 2 N–H and O–H groups in total. The number of anilines is 1. The topological polar surface area (TPSA) is 78.6 Å². The van der Waals surface area contributed by atoms with Crippen LogP contribution in [0.4, 0.5) is 5.82 Å². The predicted molar refractivity (Wildman–Crippen MR) is 104 cm³/mol. The van der Waals surface area contributed by atoms with Crippen LogP contribution in [0.2, 0.25) is 0 Å². The molecule has 1 aromatic rings. The number of likely N-dealkylation sites (N-methyl/N-ethyl adjacent to an activating group) is 1. The quantitative estimate of drug-likeness (QED) is 0.872. The maximum atomic E-state index is 13.1. The van der Waals surface area contributed by atoms with E-state index in [-0.39, 0.29) is 17.5 Å². The lowest BCUT2D eigenvalue weighted by molar-refractivity contribution is 0.0202. The van der Waals surface area contributed by atoms with Gasteiger partial charge in [0.1, 0.15) is 5.82 Å². The summed E-state index contributed by atoms with van der Waals surface area (Å²) in [5.74, 6) is 1.10. The van der Waals surface area contributed by atoms with E-state index < -0.39 is 0 Å². The number of piperazine rings is 1. The van der Waals surface area contributed by atoms with Crippen LogP contribution in [0.3, 0.4) is 0 Å². The van der Waals surface area contributed by atoms with Gasteiger partial charge in [0.25, 0.3) is 5.91 Å². The molecule has 1 amide bonds. The SMILES string of the molecule is CCN1CCN(C(=O)c2nc(C)c(C)c(N3CC[C@@H](N)C3)n2)CC1(C)C. The monoisotopic (exact) mass is 360 g/mol. The first kappa shape index (κ1) is 19.0. The fourth-order valence-corrected chi connectivity index (χ4v) is 4.09. The van der Waals surface area contributed by atoms with Crippen LogP contribution in [0, 0.1) is 13.8 Å². The Morgan fingerprint density at radius 3 is 2.54 bits per heavy atom. The Kier molecular flexibility index (Phi) is 5.21. The molecule has 3 rings (SSSR count). The van der Waals surface area contributed by atoms with Gasteiger partial charge in [0.2, 0.25) is 5.82 Å². The van der Waals surface area contributed by atoms with Crippen LogP contribution in [-0.2, 0) is 0 Å². The van der Waals surface area contributed by atoms with E-state index in [1.807, 2.05) is 18.7 Å². The Morgan fingerprint density at radius 2 is 1.96 bits per heavy atom. The van der Waals surface area contributed by atoms with E-state index in [4.69, 9.17) is 5.73 Å². The fourth-order valence-electron chi connectivity index (χ4n) is 4.09. The van der Waals surface area contributed by atoms with E-state index in [0.29, 0.717) is 12.4 Å². The van der Waals surface area contributed by atoms with Gasteiger partial charge in [-0.05, 0) is 40.7 Å². The summed E-state index contributed by atoms with van der Waals surface area (Å²) in [6, 6.07) is 0.173. The standard InChI is InChI=1S/C19H32N6O/c1-6-25-10-9-24(12-19(25,4)5)18(26)16-21-14(3)13(2)17(22-16)23-8-7-15(20)11-23/h15H,6-12,20H2,1-5H3/t15-/m1/s1. The first-order chi connectivity index (χ1) is 12.2. The zero-order valence-electron chi connectivity index (χ0n) is 16.7. The van der Waals surface area contributed by atoms with Crippen LogP contribution in [0.1, 0.15) is 49.1 Å². The molecule has 26 heavy (non-hydrogen) atoms. The Bertz CT molecular complexity index is 689. The lowest BCUT2D eigenvalue weighted by atomic mass is 9.99. The number of rotatable bonds is 3. The lowest BCUT2D eigenvalue weighted by Crippen LogP contribution is -2.60. The number of nitrogens with two attached hydrogens (primary N) is 1. The van der Waals surface area contributed by atoms with Gasteiger partial charge in [-0.1, -0.05) is 6.92 Å². The van der Waals surface area contributed by atoms with Crippen molar-refractivity contribution in [2.24, 2.45) is 5.73 Å². The Balaban J connectivity index is 1.85. The second kappa shape index (κ2) is 7.12. The predicted octanol–water partition coefficient (Wildman–Crippen LogP) is 1.19. The molecule has 7 heteroatoms. The van der Waals surface area contributed by atoms with Crippen LogP contribution in [-0.4, -0.2) is 76.5 Å². The molecule has 0 radical (unpaired) electrons. The Morgan fingerprint density at radius 1 is 1.23 bits per heavy atom. The third-order valence-electron chi connectivity index (χ3n) is 5.82. The highest BCUT2D eigenvalue weighted by Crippen LogP contribution is 2.25. The highest BCUT2D eigenvalue weighted by Gasteiger charge is 2.36. The van der Waals surface area contributed by atoms with Gasteiger partial charge in [-0.15, -0.1) is 0 Å². The van der Waals surface area contributed by atoms with Gasteiger partial charge in [0.05, 0.1) is 0 Å². The molecule has 144 valence electrons. The third kappa shape index (κ3) is 3.55. The summed E-state index contributed by atoms with van der Waals surface area (Å²) < 4.78 is 0. The van der Waals surface area contributed by atoms with Crippen molar-refractivity contribution < 1.29 is 4.79 Å². The van der Waals surface area contributed by atoms with Crippen molar-refractivity contribution in [3.63, 3.8) is 0 Å². The number of carbonyl (C=O) groups is 1. The molecule has 0 saturated carbocycles. The van der Waals surface area contributed by atoms with Gasteiger partial charge in [0, 0.05) is 55.6 Å². The van der Waals surface area contributed by atoms with Crippen LogP contribution < -0.4 is 10.6 Å². The normalized spacial score (nSPS) is 23.5. The number of carbonyl (C=O) groups excluding carboxylic acids is 1. The third-order valence-corrected chi connectivity index (χ3v) is 5.82. The van der Waals surface area contributed by atoms with Crippen LogP contribution in [0.25, 0.3) is 0 Å². The minimum Gasteiger partial charge on any atom is -0.355 e. The van der Waals surface area contributed by atoms with Gasteiger partial charge < -0.3 is 15.5 Å². The molecule has 0 aliphatic carbocycles. The molecule has 1 aromatic heterocycles. The molecule has 2 saturated heterocycles. The van der Waals surface area contributed by atoms with Gasteiger partial charge in [-0.2, -0.15) is 0 Å². The number of hydrogen-bond acceptors (Lipinski definition) is 6. The Hall–Kier alpha value is -1.73. The van der Waals surface area contributed by atoms with Crippen molar-refractivity contribution in [1.82, 2.24) is 19.8 Å². The zero-order chi connectivity index (χ0) is 19.1. The maximum absolute atomic E-state index is 13.1. The van der Waals surface area contributed by atoms with Gasteiger partial charge in [-0.25, -0.2) is 9.97 Å². The molecule has 3 heterocycles. The first-order valence-electron chi connectivity index (χ1n) is 9.63. The molecule has 1 atom stereocenters. The van der Waals surface area contributed by atoms with E-state index in [2.05, 4.69) is 40.5 Å². The van der Waals surface area contributed by atoms with Crippen molar-refractivity contribution in [3.05, 3.63) is 17.1 Å². The molecule has 2 aliphatic rings. The molecular weight excluding hydrogens is 328 g/mol. The molecule has 2 aliphatic heterocycles. The number of aryl methyl sites for hydroxylation is 1. The average molecular weight is 361 g/mol. The van der Waals surface area contributed by atoms with E-state index >= 15 is 0 Å². The van der Waals surface area contributed by atoms with Gasteiger partial charge >= 0.3 is 0 Å². The summed E-state index contributed by atoms with van der Waals surface area (Å²) >= 11 is 0. The largest absolute Gasteiger partial charge is 0.355 e. The number of nitrogens with zero attached hydrogens (tertiary/aromatic N) is 5. The molecule has 0 spiro atoms. The van der Waals surface area contributed by atoms with E-state index in [0.717, 1.165) is 56.2 Å². The van der Waals surface area contributed by atoms with Crippen molar-refractivity contribution in [3.8, 4) is 0 Å². The highest BCUT2D eigenvalue weighted by atomic mass is 16.2. The second-order valence-corrected chi connectivity index (χ2v) is 8.19. The lowest BCUT2D eigenvalue weighted by Gasteiger charge is -2.46. The smallest absolute Gasteiger partial charge is 0.291 e. The summed E-state index contributed by atoms with van der Waals surface area (Å²) in [6.45, 7) is 15.5. The minimum atomic E-state index is -0.0679. The van der Waals surface area contributed by atoms with E-state index in [1.54, 1.807) is 0 Å². The molecule has 0 bridgehead atoms. The van der Waals surface area contributed by atoms with Gasteiger partial charge in [-0.3, -0.25) is 9.69 Å². The average Bonchev–Trinajstić information content (AvgIpc) is 3.01. The zero-order valence-corrected chi connectivity index (χ0v) is 16.7. The minimum absolute atomic E-state index is 0.0348. The summed E-state index contributed by atoms with van der Waals surface area (Å²) in [5.41, 5.74) is 7.92. The summed E-state index contributed by atoms with van der Waals surface area (Å²) in [4.78, 5) is 28.8. The number of hydrogen-bond donors (Lipinski definition) is 1. The maximum Gasteiger partial charge on any atom is 0.291 e. The van der Waals surface area contributed by atoms with Crippen molar-refractivity contribution in [2.75, 3.05) is 44.2 Å². The van der Waals surface area contributed by atoms with Gasteiger partial charge in [0.15, 0.2) is 0 Å². The second-order valence-electron chi connectivity index (χ2n) is 8.19. The summed E-state index contributed by atoms with van der Waals surface area (Å²) in [7, 11) is 0. The fraction of sp³-hybridized carbons (Fsp3) is 0.737. The first-order valence-corrected chi connectivity index (χ1v) is 9.63. The van der Waals surface area contributed by atoms with Crippen molar-refractivity contribution in [2.45, 2.75) is 52.6 Å². The molecule has 2 fully saturated rings. The van der Waals surface area contributed by atoms with E-state index in [1.165, 1.54) is 0 Å². The van der Waals surface area contributed by atoms with Crippen LogP contribution in [0.15, 0.2) is 0 Å². The Labute approximate surface area is 156 Å².